The topological polar surface area (TPSA) is 507 Å². The summed E-state index contributed by atoms with van der Waals surface area (Å²) in [7, 11) is 0. The third-order valence-corrected chi connectivity index (χ3v) is 23.2. The Morgan fingerprint density at radius 2 is 0.532 bits per heavy atom. The number of fused-ring (bicyclic) bond motifs is 4. The fraction of sp³-hybridized carbons (Fsp3) is 0.133. The fourth-order valence-corrected chi connectivity index (χ4v) is 15.9. The van der Waals surface area contributed by atoms with Crippen molar-refractivity contribution in [2.75, 3.05) is 48.8 Å². The van der Waals surface area contributed by atoms with Gasteiger partial charge in [0.05, 0.1) is 32.6 Å². The van der Waals surface area contributed by atoms with Gasteiger partial charge in [0, 0.05) is 64.0 Å². The number of para-hydroxylation sites is 3. The van der Waals surface area contributed by atoms with Gasteiger partial charge in [-0.25, -0.2) is 33.6 Å². The normalized spacial score (nSPS) is 11.6. The molecule has 4 aromatic heterocycles. The van der Waals surface area contributed by atoms with Gasteiger partial charge in [0.1, 0.15) is 71.8 Å². The van der Waals surface area contributed by atoms with Crippen LogP contribution in [0.2, 0.25) is 0 Å². The first-order valence-corrected chi connectivity index (χ1v) is 44.8. The van der Waals surface area contributed by atoms with E-state index < -0.39 is 73.0 Å². The van der Waals surface area contributed by atoms with Crippen LogP contribution in [0, 0.1) is 21.6 Å². The van der Waals surface area contributed by atoms with Gasteiger partial charge in [-0.15, -0.1) is 45.3 Å². The number of carbonyl (C=O) groups excluding carboxylic acids is 4. The maximum absolute atomic E-state index is 12.4. The van der Waals surface area contributed by atoms with Crippen molar-refractivity contribution in [2.24, 2.45) is 22.9 Å². The highest BCUT2D eigenvalue weighted by Crippen LogP contribution is 2.40. The number of rotatable bonds is 28. The van der Waals surface area contributed by atoms with Crippen molar-refractivity contribution < 1.29 is 117 Å². The Kier molecular flexibility index (Phi) is 40.2. The highest BCUT2D eigenvalue weighted by atomic mass is 32.1. The van der Waals surface area contributed by atoms with Crippen molar-refractivity contribution in [1.29, 1.82) is 21.6 Å². The Bertz CT molecular complexity index is 6210. The SMILES string of the molecule is CCNC(=O)OC[C@H](Oc1cccc2sc(C(=N)N)cc12)c1ccccc1.N=C(N)c1cc2c(OC(CNC(=O)Nc3ccccc3)c3ccccc3)cccc2s1.N=C(N)c1cc2c(OC(CNC(=O)Nc3ccccc3)c3ccccc3)cccc2s1.N=C(N)c1cc2c(O[C@@H](COC(=O)Nc3ccccc3)c3ccccc3)cccc2s1.O=C(O)C(F)(F)F.O=C(O)C(F)(F)F.O=C(O)C(F)(F)F. The number of benzene rings is 11. The molecule has 21 N–H and O–H groups in total. The number of alkyl halides is 9. The number of carboxylic acid groups (broad SMARTS) is 3. The summed E-state index contributed by atoms with van der Waals surface area (Å²) in [5.74, 6) is -5.49. The molecule has 0 spiro atoms. The molecule has 4 heterocycles. The molecule has 15 aromatic rings. The van der Waals surface area contributed by atoms with E-state index in [0.29, 0.717) is 54.7 Å². The molecule has 734 valence electrons. The summed E-state index contributed by atoms with van der Waals surface area (Å²) in [6.07, 6.45) is -18.0. The number of nitrogens with two attached hydrogens (primary N) is 4. The van der Waals surface area contributed by atoms with Crippen molar-refractivity contribution in [3.63, 3.8) is 0 Å². The molecule has 141 heavy (non-hydrogen) atoms. The lowest BCUT2D eigenvalue weighted by atomic mass is 10.1. The maximum atomic E-state index is 12.4. The molecule has 6 amide bonds. The van der Waals surface area contributed by atoms with Gasteiger partial charge >= 0.3 is 60.7 Å². The van der Waals surface area contributed by atoms with Crippen LogP contribution < -0.4 is 73.8 Å². The third kappa shape index (κ3) is 34.8. The number of aliphatic carboxylic acids is 3. The second-order valence-electron chi connectivity index (χ2n) is 28.9. The minimum atomic E-state index is -5.08. The summed E-state index contributed by atoms with van der Waals surface area (Å²) >= 11 is 5.78. The number of alkyl carbamates (subject to hydrolysis) is 1. The van der Waals surface area contributed by atoms with E-state index in [1.807, 2.05) is 304 Å². The molecular formula is C98H89F9N14O16S4. The number of carboxylic acids is 3. The standard InChI is InChI=1S/2C24H22N4O2S.C24H21N3O3S.C20H21N3O3S.3C2HF3O2/c2*25-23(26)22-14-18-19(12-7-13-21(18)31-22)30-20(16-8-3-1-4-9-16)15-27-24(29)28-17-10-5-2-6-11-17;25-23(26)22-14-18-19(12-7-13-21(18)31-22)30-20(16-8-3-1-4-9-16)15-29-24(28)27-17-10-5-2-6-11-17;1-2-23-20(24)25-12-16(13-7-4-3-5-8-13)26-15-9-6-10-17-14(15)11-18(27-17)19(21)22;3*3-2(4,5)1(6)7/h2*1-14,20H,15H2,(H3,25,26)(H2,27,28,29);1-14,20H,15H2,(H3,25,26)(H,27,28);3-11,16H,2,12H2,1H3,(H3,21,22)(H,23,24);3*(H,6,7)/t;;20-;16-;;;/m..00.../s1. The van der Waals surface area contributed by atoms with Crippen LogP contribution in [0.1, 0.15) is 73.1 Å². The Balaban J connectivity index is 0.000000196. The van der Waals surface area contributed by atoms with Gasteiger partial charge in [-0.3, -0.25) is 27.0 Å². The third-order valence-electron chi connectivity index (χ3n) is 18.7. The highest BCUT2D eigenvalue weighted by Gasteiger charge is 2.40. The molecule has 43 heteroatoms. The van der Waals surface area contributed by atoms with Gasteiger partial charge in [0.15, 0.2) is 12.2 Å². The molecule has 30 nitrogen and oxygen atoms in total. The molecule has 0 aliphatic carbocycles. The van der Waals surface area contributed by atoms with E-state index in [2.05, 4.69) is 31.9 Å². The van der Waals surface area contributed by atoms with E-state index in [9.17, 15) is 58.7 Å². The van der Waals surface area contributed by atoms with Crippen LogP contribution in [-0.2, 0) is 23.9 Å². The number of thiophene rings is 4. The second-order valence-corrected chi connectivity index (χ2v) is 33.2. The van der Waals surface area contributed by atoms with Crippen LogP contribution >= 0.6 is 45.3 Å². The Hall–Kier alpha value is -16.8. The average molecular weight is 2020 g/mol. The molecule has 15 rings (SSSR count). The molecule has 0 saturated carbocycles. The summed E-state index contributed by atoms with van der Waals surface area (Å²) in [5.41, 5.74) is 28.4. The molecule has 0 aliphatic heterocycles. The first-order chi connectivity index (χ1) is 67.2. The smallest absolute Gasteiger partial charge is 0.483 e. The Morgan fingerprint density at radius 1 is 0.312 bits per heavy atom. The number of amides is 6. The van der Waals surface area contributed by atoms with Crippen molar-refractivity contribution in [3.05, 3.63) is 351 Å². The van der Waals surface area contributed by atoms with E-state index in [-0.39, 0.29) is 61.7 Å². The second kappa shape index (κ2) is 52.5. The molecule has 0 radical (unpaired) electrons. The molecule has 0 bridgehead atoms. The predicted octanol–water partition coefficient (Wildman–Crippen LogP) is 21.8. The van der Waals surface area contributed by atoms with Crippen LogP contribution in [0.25, 0.3) is 40.3 Å². The maximum Gasteiger partial charge on any atom is 0.490 e. The first-order valence-electron chi connectivity index (χ1n) is 41.5. The van der Waals surface area contributed by atoms with E-state index in [1.54, 1.807) is 12.1 Å². The van der Waals surface area contributed by atoms with Gasteiger partial charge in [0.2, 0.25) is 0 Å². The fourth-order valence-electron chi connectivity index (χ4n) is 12.2. The number of nitrogens with one attached hydrogen (secondary N) is 10. The monoisotopic (exact) mass is 2020 g/mol. The number of urea groups is 2. The molecule has 0 fully saturated rings. The Labute approximate surface area is 813 Å². The van der Waals surface area contributed by atoms with Crippen LogP contribution in [0.3, 0.4) is 0 Å². The van der Waals surface area contributed by atoms with Crippen LogP contribution in [0.15, 0.2) is 309 Å². The van der Waals surface area contributed by atoms with Crippen LogP contribution in [0.5, 0.6) is 23.0 Å². The number of halogens is 9. The lowest BCUT2D eigenvalue weighted by Gasteiger charge is -2.21. The largest absolute Gasteiger partial charge is 0.490 e. The van der Waals surface area contributed by atoms with Gasteiger partial charge in [-0.1, -0.05) is 200 Å². The molecular weight excluding hydrogens is 1930 g/mol. The molecule has 0 aliphatic rings. The molecule has 4 atom stereocenters. The van der Waals surface area contributed by atoms with E-state index in [0.717, 1.165) is 74.0 Å². The zero-order valence-corrected chi connectivity index (χ0v) is 77.0. The summed E-state index contributed by atoms with van der Waals surface area (Å²) in [6.45, 7) is 3.00. The van der Waals surface area contributed by atoms with Crippen molar-refractivity contribution in [3.8, 4) is 23.0 Å². The number of anilines is 3. The number of amidine groups is 4. The predicted molar refractivity (Wildman–Crippen MR) is 525 cm³/mol. The zero-order chi connectivity index (χ0) is 102. The van der Waals surface area contributed by atoms with Crippen LogP contribution in [-0.4, -0.2) is 132 Å². The Morgan fingerprint density at radius 3 is 0.766 bits per heavy atom. The molecule has 11 aromatic carbocycles. The number of nitrogen functional groups attached to an aromatic ring is 4. The van der Waals surface area contributed by atoms with Crippen LogP contribution in [0.4, 0.5) is 75.8 Å². The van der Waals surface area contributed by atoms with E-state index in [1.165, 1.54) is 45.3 Å². The summed E-state index contributed by atoms with van der Waals surface area (Å²) < 4.78 is 135. The minimum absolute atomic E-state index is 0.0210. The van der Waals surface area contributed by atoms with Gasteiger partial charge in [-0.2, -0.15) is 39.5 Å². The van der Waals surface area contributed by atoms with Crippen molar-refractivity contribution >= 4 is 168 Å². The number of hydrogen-bond donors (Lipinski definition) is 17. The quantitative estimate of drug-likeness (QED) is 0.0123. The van der Waals surface area contributed by atoms with Gasteiger partial charge < -0.3 is 93.3 Å². The lowest BCUT2D eigenvalue weighted by Crippen LogP contribution is -2.34. The zero-order valence-electron chi connectivity index (χ0n) is 73.8. The summed E-state index contributed by atoms with van der Waals surface area (Å²) in [6, 6.07) is 96.2. The number of carbonyl (C=O) groups is 7. The lowest BCUT2D eigenvalue weighted by molar-refractivity contribution is -0.193. The first kappa shape index (κ1) is 108. The van der Waals surface area contributed by atoms with Crippen molar-refractivity contribution in [1.82, 2.24) is 16.0 Å². The summed E-state index contributed by atoms with van der Waals surface area (Å²) in [5, 5.41) is 72.4. The van der Waals surface area contributed by atoms with E-state index >= 15 is 0 Å². The average Bonchev–Trinajstić information content (AvgIpc) is 1.68. The minimum Gasteiger partial charge on any atom is -0.483 e. The number of ether oxygens (including phenoxy) is 6. The van der Waals surface area contributed by atoms with Gasteiger partial charge in [0.25, 0.3) is 0 Å². The van der Waals surface area contributed by atoms with Gasteiger partial charge in [-0.05, 0) is 138 Å². The highest BCUT2D eigenvalue weighted by molar-refractivity contribution is 7.22. The van der Waals surface area contributed by atoms with Crippen molar-refractivity contribution in [2.45, 2.75) is 49.9 Å². The summed E-state index contributed by atoms with van der Waals surface area (Å²) in [4.78, 5) is 78.2. The van der Waals surface area contributed by atoms with E-state index in [4.69, 9.17) is 103 Å². The molecule has 2 unspecified atom stereocenters. The number of hydrogen-bond acceptors (Lipinski definition) is 21. The molecule has 0 saturated heterocycles.